The topological polar surface area (TPSA) is 30.0 Å². The number of pyridine rings is 1. The number of benzene rings is 1. The van der Waals surface area contributed by atoms with Gasteiger partial charge < -0.3 is 0 Å². The van der Waals surface area contributed by atoms with Crippen molar-refractivity contribution in [3.8, 4) is 0 Å². The van der Waals surface area contributed by atoms with Crippen molar-refractivity contribution >= 4 is 51.0 Å². The molecule has 5 heteroatoms. The van der Waals surface area contributed by atoms with Gasteiger partial charge in [0.1, 0.15) is 0 Å². The molecule has 0 saturated heterocycles. The maximum Gasteiger partial charge on any atom is 0.224 e. The fourth-order valence-corrected chi connectivity index (χ4v) is 3.17. The Hall–Kier alpha value is -0.770. The fraction of sp³-hybridized carbons (Fsp3) is 0.0909. The van der Waals surface area contributed by atoms with E-state index in [2.05, 4.69) is 4.98 Å². The molecule has 0 saturated carbocycles. The van der Waals surface area contributed by atoms with E-state index in [0.717, 1.165) is 22.7 Å². The Morgan fingerprint density at radius 3 is 2.81 bits per heavy atom. The molecule has 3 rings (SSSR count). The van der Waals surface area contributed by atoms with Crippen LogP contribution in [0.4, 0.5) is 0 Å². The van der Waals surface area contributed by atoms with Gasteiger partial charge in [-0.15, -0.1) is 0 Å². The van der Waals surface area contributed by atoms with Crippen LogP contribution < -0.4 is 0 Å². The zero-order chi connectivity index (χ0) is 11.3. The van der Waals surface area contributed by atoms with Gasteiger partial charge in [-0.2, -0.15) is 0 Å². The molecule has 2 heterocycles. The number of fused-ring (bicyclic) bond motifs is 2. The van der Waals surface area contributed by atoms with Crippen LogP contribution >= 0.6 is 35.0 Å². The van der Waals surface area contributed by atoms with Gasteiger partial charge in [0.2, 0.25) is 8.78 Å². The number of halogens is 2. The third kappa shape index (κ3) is 1.43. The van der Waals surface area contributed by atoms with E-state index in [9.17, 15) is 4.79 Å². The molecule has 0 aliphatic carbocycles. The number of para-hydroxylation sites is 1. The molecule has 0 N–H and O–H groups in total. The van der Waals surface area contributed by atoms with Gasteiger partial charge in [-0.25, -0.2) is 4.98 Å². The number of thioether (sulfide) groups is 1. The highest BCUT2D eigenvalue weighted by atomic mass is 35.5. The zero-order valence-corrected chi connectivity index (χ0v) is 10.2. The average Bonchev–Trinajstić information content (AvgIpc) is 2.47. The van der Waals surface area contributed by atoms with Gasteiger partial charge in [-0.3, -0.25) is 4.79 Å². The molecule has 0 unspecified atom stereocenters. The van der Waals surface area contributed by atoms with Crippen LogP contribution in [0.25, 0.3) is 10.9 Å². The van der Waals surface area contributed by atoms with Gasteiger partial charge in [-0.05, 0) is 23.9 Å². The second-order valence-corrected chi connectivity index (χ2v) is 6.45. The summed E-state index contributed by atoms with van der Waals surface area (Å²) in [7, 11) is 0. The molecular formula is C11H5Cl2NOS. The Labute approximate surface area is 106 Å². The summed E-state index contributed by atoms with van der Waals surface area (Å²) < 4.78 is -1.25. The summed E-state index contributed by atoms with van der Waals surface area (Å²) in [5.74, 6) is 0. The van der Waals surface area contributed by atoms with Gasteiger partial charge in [0.15, 0.2) is 0 Å². The van der Waals surface area contributed by atoms with E-state index >= 15 is 0 Å². The second kappa shape index (κ2) is 3.36. The van der Waals surface area contributed by atoms with Gasteiger partial charge in [0.25, 0.3) is 0 Å². The van der Waals surface area contributed by atoms with Gasteiger partial charge >= 0.3 is 0 Å². The van der Waals surface area contributed by atoms with Crippen molar-refractivity contribution in [3.63, 3.8) is 0 Å². The van der Waals surface area contributed by atoms with Crippen LogP contribution in [-0.2, 0) is 3.67 Å². The van der Waals surface area contributed by atoms with Crippen LogP contribution in [-0.4, -0.2) is 10.1 Å². The molecule has 1 aliphatic rings. The Morgan fingerprint density at radius 2 is 2.00 bits per heavy atom. The predicted molar refractivity (Wildman–Crippen MR) is 67.0 cm³/mol. The molecule has 0 bridgehead atoms. The number of rotatable bonds is 0. The Kier molecular flexibility index (Phi) is 2.18. The predicted octanol–water partition coefficient (Wildman–Crippen LogP) is 3.71. The number of carbonyl (C=O) groups is 1. The van der Waals surface area contributed by atoms with E-state index in [4.69, 9.17) is 23.2 Å². The highest BCUT2D eigenvalue weighted by Gasteiger charge is 2.43. The van der Waals surface area contributed by atoms with Crippen LogP contribution in [0.5, 0.6) is 0 Å². The maximum absolute atomic E-state index is 11.7. The number of carbonyl (C=O) groups excluding carboxylic acids is 1. The van der Waals surface area contributed by atoms with Crippen molar-refractivity contribution in [2.45, 2.75) is 3.67 Å². The first-order valence-corrected chi connectivity index (χ1v) is 6.16. The molecule has 0 radical (unpaired) electrons. The van der Waals surface area contributed by atoms with E-state index in [1.165, 1.54) is 0 Å². The molecule has 0 fully saturated rings. The van der Waals surface area contributed by atoms with Gasteiger partial charge in [0, 0.05) is 5.39 Å². The first-order chi connectivity index (χ1) is 7.58. The van der Waals surface area contributed by atoms with E-state index < -0.39 is 3.67 Å². The van der Waals surface area contributed by atoms with E-state index in [-0.39, 0.29) is 5.12 Å². The molecular weight excluding hydrogens is 265 g/mol. The maximum atomic E-state index is 11.7. The lowest BCUT2D eigenvalue weighted by molar-refractivity contribution is 0.109. The molecule has 1 aromatic heterocycles. The summed E-state index contributed by atoms with van der Waals surface area (Å²) >= 11 is 13.0. The summed E-state index contributed by atoms with van der Waals surface area (Å²) in [5.41, 5.74) is 1.75. The summed E-state index contributed by atoms with van der Waals surface area (Å²) in [6, 6.07) is 9.35. The first-order valence-electron chi connectivity index (χ1n) is 4.59. The number of nitrogens with zero attached hydrogens (tertiary/aromatic N) is 1. The Morgan fingerprint density at radius 1 is 1.25 bits per heavy atom. The lowest BCUT2D eigenvalue weighted by Gasteiger charge is -2.09. The van der Waals surface area contributed by atoms with Crippen LogP contribution in [0.15, 0.2) is 30.3 Å². The van der Waals surface area contributed by atoms with E-state index in [1.54, 1.807) is 6.07 Å². The second-order valence-electron chi connectivity index (χ2n) is 3.48. The minimum atomic E-state index is -1.25. The highest BCUT2D eigenvalue weighted by Crippen LogP contribution is 2.52. The summed E-state index contributed by atoms with van der Waals surface area (Å²) in [5, 5.41) is 0.791. The molecule has 1 aromatic carbocycles. The van der Waals surface area contributed by atoms with E-state index in [0.29, 0.717) is 11.3 Å². The standard InChI is InChI=1S/C11H5Cl2NOS/c12-11(13)9-7(10(15)16-11)5-6-3-1-2-4-8(6)14-9/h1-5H. The molecule has 0 amide bonds. The molecule has 0 spiro atoms. The van der Waals surface area contributed by atoms with Crippen molar-refractivity contribution in [1.29, 1.82) is 0 Å². The van der Waals surface area contributed by atoms with Gasteiger partial charge in [-0.1, -0.05) is 41.4 Å². The van der Waals surface area contributed by atoms with Crippen LogP contribution in [0.1, 0.15) is 16.1 Å². The van der Waals surface area contributed by atoms with Gasteiger partial charge in [0.05, 0.1) is 16.8 Å². The fourth-order valence-electron chi connectivity index (χ4n) is 1.71. The van der Waals surface area contributed by atoms with Crippen molar-refractivity contribution in [3.05, 3.63) is 41.6 Å². The van der Waals surface area contributed by atoms with Crippen molar-refractivity contribution in [2.75, 3.05) is 0 Å². The van der Waals surface area contributed by atoms with Crippen molar-refractivity contribution in [1.82, 2.24) is 4.98 Å². The molecule has 16 heavy (non-hydrogen) atoms. The molecule has 2 nitrogen and oxygen atoms in total. The SMILES string of the molecule is O=C1SC(Cl)(Cl)c2nc3ccccc3cc21. The highest BCUT2D eigenvalue weighted by molar-refractivity contribution is 8.17. The number of hydrogen-bond donors (Lipinski definition) is 0. The molecule has 1 aliphatic heterocycles. The molecule has 2 aromatic rings. The largest absolute Gasteiger partial charge is 0.281 e. The molecule has 0 atom stereocenters. The summed E-state index contributed by atoms with van der Waals surface area (Å²) in [4.78, 5) is 16.0. The minimum absolute atomic E-state index is 0.127. The van der Waals surface area contributed by atoms with Crippen LogP contribution in [0.2, 0.25) is 0 Å². The van der Waals surface area contributed by atoms with Crippen LogP contribution in [0, 0.1) is 0 Å². The smallest absolute Gasteiger partial charge is 0.224 e. The number of hydrogen-bond acceptors (Lipinski definition) is 3. The summed E-state index contributed by atoms with van der Waals surface area (Å²) in [6.45, 7) is 0. The third-order valence-corrected chi connectivity index (χ3v) is 4.12. The van der Waals surface area contributed by atoms with Crippen LogP contribution in [0.3, 0.4) is 0 Å². The van der Waals surface area contributed by atoms with Crippen molar-refractivity contribution in [2.24, 2.45) is 0 Å². The number of aromatic nitrogens is 1. The Bertz CT molecular complexity index is 612. The average molecular weight is 270 g/mol. The Balaban J connectivity index is 2.38. The third-order valence-electron chi connectivity index (χ3n) is 2.44. The first kappa shape index (κ1) is 10.4. The normalized spacial score (nSPS) is 17.8. The van der Waals surface area contributed by atoms with E-state index in [1.807, 2.05) is 24.3 Å². The lowest BCUT2D eigenvalue weighted by Crippen LogP contribution is -2.03. The monoisotopic (exact) mass is 269 g/mol. The lowest BCUT2D eigenvalue weighted by atomic mass is 10.1. The number of alkyl halides is 2. The summed E-state index contributed by atoms with van der Waals surface area (Å²) in [6.07, 6.45) is 0. The van der Waals surface area contributed by atoms with Crippen molar-refractivity contribution < 1.29 is 4.79 Å². The zero-order valence-electron chi connectivity index (χ0n) is 7.91. The molecule has 80 valence electrons. The quantitative estimate of drug-likeness (QED) is 0.683. The minimum Gasteiger partial charge on any atom is -0.281 e.